The van der Waals surface area contributed by atoms with Crippen molar-refractivity contribution in [3.05, 3.63) is 42.6 Å². The number of aromatic nitrogens is 2. The van der Waals surface area contributed by atoms with Gasteiger partial charge in [0, 0.05) is 23.2 Å². The summed E-state index contributed by atoms with van der Waals surface area (Å²) < 4.78 is 4.88. The first-order chi connectivity index (χ1) is 7.84. The summed E-state index contributed by atoms with van der Waals surface area (Å²) in [6, 6.07) is 11.5. The Hall–Kier alpha value is -2.36. The van der Waals surface area contributed by atoms with Gasteiger partial charge in [-0.1, -0.05) is 23.4 Å². The zero-order chi connectivity index (χ0) is 11.0. The Labute approximate surface area is 91.7 Å². The quantitative estimate of drug-likeness (QED) is 0.671. The number of hydrogen-bond donors (Lipinski definition) is 1. The highest BCUT2D eigenvalue weighted by atomic mass is 16.5. The largest absolute Gasteiger partial charge is 0.368 e. The van der Waals surface area contributed by atoms with E-state index in [0.717, 1.165) is 22.2 Å². The molecule has 2 aromatic heterocycles. The van der Waals surface area contributed by atoms with E-state index in [0.29, 0.717) is 5.88 Å². The minimum atomic E-state index is 0.316. The van der Waals surface area contributed by atoms with Crippen LogP contribution in [0.2, 0.25) is 0 Å². The van der Waals surface area contributed by atoms with Crippen LogP contribution in [-0.4, -0.2) is 10.1 Å². The molecule has 0 aliphatic heterocycles. The Kier molecular flexibility index (Phi) is 1.86. The van der Waals surface area contributed by atoms with Crippen LogP contribution in [0.25, 0.3) is 22.2 Å². The normalized spacial score (nSPS) is 10.8. The van der Waals surface area contributed by atoms with Crippen molar-refractivity contribution in [2.24, 2.45) is 0 Å². The molecule has 0 aliphatic carbocycles. The predicted molar refractivity (Wildman–Crippen MR) is 61.7 cm³/mol. The van der Waals surface area contributed by atoms with Gasteiger partial charge >= 0.3 is 0 Å². The number of benzene rings is 1. The van der Waals surface area contributed by atoms with Gasteiger partial charge in [-0.2, -0.15) is 0 Å². The maximum atomic E-state index is 5.52. The molecular weight excluding hydrogens is 202 g/mol. The van der Waals surface area contributed by atoms with E-state index in [4.69, 9.17) is 10.3 Å². The van der Waals surface area contributed by atoms with Crippen LogP contribution in [0.5, 0.6) is 0 Å². The molecule has 0 saturated heterocycles. The predicted octanol–water partition coefficient (Wildman–Crippen LogP) is 2.47. The molecule has 0 bridgehead atoms. The molecule has 78 valence electrons. The van der Waals surface area contributed by atoms with E-state index in [1.165, 1.54) is 0 Å². The molecule has 0 atom stereocenters. The highest BCUT2D eigenvalue weighted by Gasteiger charge is 2.08. The minimum Gasteiger partial charge on any atom is -0.368 e. The second kappa shape index (κ2) is 3.34. The molecule has 0 saturated carbocycles. The van der Waals surface area contributed by atoms with Gasteiger partial charge in [0.1, 0.15) is 5.69 Å². The van der Waals surface area contributed by atoms with Crippen molar-refractivity contribution in [1.82, 2.24) is 10.1 Å². The van der Waals surface area contributed by atoms with Crippen molar-refractivity contribution in [2.75, 3.05) is 5.73 Å². The molecule has 4 nitrogen and oxygen atoms in total. The summed E-state index contributed by atoms with van der Waals surface area (Å²) in [5.41, 5.74) is 8.16. The fourth-order valence-electron chi connectivity index (χ4n) is 1.74. The van der Waals surface area contributed by atoms with Crippen LogP contribution >= 0.6 is 0 Å². The number of nitrogen functional groups attached to an aromatic ring is 1. The maximum Gasteiger partial charge on any atom is 0.222 e. The van der Waals surface area contributed by atoms with Gasteiger partial charge in [0.25, 0.3) is 0 Å². The zero-order valence-electron chi connectivity index (χ0n) is 8.42. The second-order valence-corrected chi connectivity index (χ2v) is 3.49. The van der Waals surface area contributed by atoms with Crippen LogP contribution in [0, 0.1) is 0 Å². The van der Waals surface area contributed by atoms with E-state index in [1.54, 1.807) is 12.3 Å². The fraction of sp³-hybridized carbons (Fsp3) is 0. The maximum absolute atomic E-state index is 5.52. The van der Waals surface area contributed by atoms with Gasteiger partial charge in [0.05, 0.1) is 5.52 Å². The fourth-order valence-corrected chi connectivity index (χ4v) is 1.74. The van der Waals surface area contributed by atoms with Crippen molar-refractivity contribution in [3.63, 3.8) is 0 Å². The van der Waals surface area contributed by atoms with E-state index in [9.17, 15) is 0 Å². The monoisotopic (exact) mass is 211 g/mol. The first kappa shape index (κ1) is 8.91. The number of hydrogen-bond acceptors (Lipinski definition) is 4. The average molecular weight is 211 g/mol. The Morgan fingerprint density at radius 1 is 1.12 bits per heavy atom. The lowest BCUT2D eigenvalue weighted by molar-refractivity contribution is 0.439. The molecular formula is C12H9N3O. The van der Waals surface area contributed by atoms with E-state index >= 15 is 0 Å². The highest BCUT2D eigenvalue weighted by molar-refractivity contribution is 5.93. The van der Waals surface area contributed by atoms with Crippen molar-refractivity contribution in [2.45, 2.75) is 0 Å². The third-order valence-electron chi connectivity index (χ3n) is 2.45. The van der Waals surface area contributed by atoms with E-state index in [-0.39, 0.29) is 0 Å². The molecule has 2 heterocycles. The summed E-state index contributed by atoms with van der Waals surface area (Å²) in [7, 11) is 0. The highest BCUT2D eigenvalue weighted by Crippen LogP contribution is 2.27. The number of para-hydroxylation sites is 1. The van der Waals surface area contributed by atoms with Gasteiger partial charge in [0.2, 0.25) is 5.88 Å². The third kappa shape index (κ3) is 1.32. The van der Waals surface area contributed by atoms with Gasteiger partial charge in [-0.05, 0) is 12.1 Å². The second-order valence-electron chi connectivity index (χ2n) is 3.49. The van der Waals surface area contributed by atoms with Gasteiger partial charge in [-0.25, -0.2) is 0 Å². The summed E-state index contributed by atoms with van der Waals surface area (Å²) in [5.74, 6) is 0.316. The molecule has 3 aromatic rings. The zero-order valence-corrected chi connectivity index (χ0v) is 8.42. The summed E-state index contributed by atoms with van der Waals surface area (Å²) >= 11 is 0. The third-order valence-corrected chi connectivity index (χ3v) is 2.45. The molecule has 0 spiro atoms. The Balaban J connectivity index is 2.31. The van der Waals surface area contributed by atoms with E-state index < -0.39 is 0 Å². The van der Waals surface area contributed by atoms with Gasteiger partial charge < -0.3 is 10.3 Å². The molecule has 0 amide bonds. The lowest BCUT2D eigenvalue weighted by Gasteiger charge is -2.01. The molecule has 0 aliphatic rings. The Morgan fingerprint density at radius 3 is 2.81 bits per heavy atom. The molecule has 0 unspecified atom stereocenters. The lowest BCUT2D eigenvalue weighted by Crippen LogP contribution is -1.83. The summed E-state index contributed by atoms with van der Waals surface area (Å²) in [6.07, 6.45) is 1.75. The van der Waals surface area contributed by atoms with Gasteiger partial charge in [-0.15, -0.1) is 0 Å². The number of fused-ring (bicyclic) bond motifs is 1. The van der Waals surface area contributed by atoms with E-state index in [1.807, 2.05) is 30.3 Å². The molecule has 0 fully saturated rings. The number of anilines is 1. The molecule has 4 heteroatoms. The minimum absolute atomic E-state index is 0.316. The Morgan fingerprint density at radius 2 is 2.00 bits per heavy atom. The van der Waals surface area contributed by atoms with Crippen molar-refractivity contribution >= 4 is 16.8 Å². The molecule has 1 aromatic carbocycles. The van der Waals surface area contributed by atoms with Crippen molar-refractivity contribution in [1.29, 1.82) is 0 Å². The van der Waals surface area contributed by atoms with Gasteiger partial charge in [0.15, 0.2) is 0 Å². The van der Waals surface area contributed by atoms with Crippen molar-refractivity contribution in [3.8, 4) is 11.3 Å². The van der Waals surface area contributed by atoms with Crippen LogP contribution < -0.4 is 5.73 Å². The Bertz CT molecular complexity index is 640. The van der Waals surface area contributed by atoms with Crippen LogP contribution in [-0.2, 0) is 0 Å². The average Bonchev–Trinajstić information content (AvgIpc) is 2.75. The lowest BCUT2D eigenvalue weighted by atomic mass is 10.1. The smallest absolute Gasteiger partial charge is 0.222 e. The summed E-state index contributed by atoms with van der Waals surface area (Å²) in [5, 5.41) is 4.95. The first-order valence-electron chi connectivity index (χ1n) is 4.91. The number of nitrogens with two attached hydrogens (primary N) is 1. The number of rotatable bonds is 1. The molecule has 3 rings (SSSR count). The van der Waals surface area contributed by atoms with Crippen LogP contribution in [0.1, 0.15) is 0 Å². The van der Waals surface area contributed by atoms with Crippen LogP contribution in [0.4, 0.5) is 5.88 Å². The van der Waals surface area contributed by atoms with E-state index in [2.05, 4.69) is 10.1 Å². The summed E-state index contributed by atoms with van der Waals surface area (Å²) in [6.45, 7) is 0. The topological polar surface area (TPSA) is 64.9 Å². The number of nitrogens with zero attached hydrogens (tertiary/aromatic N) is 2. The summed E-state index contributed by atoms with van der Waals surface area (Å²) in [4.78, 5) is 4.28. The standard InChI is InChI=1S/C12H9N3O/c13-12-7-11(15-16-12)9-5-6-14-10-4-2-1-3-8(9)10/h1-7H,13H2. The first-order valence-corrected chi connectivity index (χ1v) is 4.91. The SMILES string of the molecule is Nc1cc(-c2ccnc3ccccc23)no1. The van der Waals surface area contributed by atoms with Crippen LogP contribution in [0.3, 0.4) is 0 Å². The molecule has 0 radical (unpaired) electrons. The van der Waals surface area contributed by atoms with Crippen molar-refractivity contribution < 1.29 is 4.52 Å². The number of pyridine rings is 1. The molecule has 2 N–H and O–H groups in total. The van der Waals surface area contributed by atoms with Gasteiger partial charge in [-0.3, -0.25) is 4.98 Å². The molecule has 16 heavy (non-hydrogen) atoms. The van der Waals surface area contributed by atoms with Crippen LogP contribution in [0.15, 0.2) is 47.1 Å².